The van der Waals surface area contributed by atoms with E-state index in [0.717, 1.165) is 22.4 Å². The first-order valence-electron chi connectivity index (χ1n) is 10.7. The average molecular weight is 427 g/mol. The quantitative estimate of drug-likeness (QED) is 0.486. The van der Waals surface area contributed by atoms with E-state index in [9.17, 15) is 4.79 Å². The number of para-hydroxylation sites is 1. The van der Waals surface area contributed by atoms with Crippen LogP contribution in [0.15, 0.2) is 67.0 Å². The molecule has 1 aliphatic heterocycles. The van der Waals surface area contributed by atoms with E-state index in [0.29, 0.717) is 24.2 Å². The molecule has 0 radical (unpaired) electrons. The minimum absolute atomic E-state index is 0.0429. The Morgan fingerprint density at radius 1 is 1.12 bits per heavy atom. The Morgan fingerprint density at radius 3 is 2.62 bits per heavy atom. The van der Waals surface area contributed by atoms with Crippen molar-refractivity contribution in [2.45, 2.75) is 38.6 Å². The highest BCUT2D eigenvalue weighted by Gasteiger charge is 2.35. The molecule has 7 nitrogen and oxygen atoms in total. The lowest BCUT2D eigenvalue weighted by molar-refractivity contribution is 0.0732. The minimum Gasteiger partial charge on any atom is -0.340 e. The number of aromatic nitrogens is 5. The van der Waals surface area contributed by atoms with Crippen LogP contribution in [0.1, 0.15) is 55.0 Å². The number of hydrogen-bond acceptors (Lipinski definition) is 4. The molecule has 0 bridgehead atoms. The minimum atomic E-state index is -0.195. The van der Waals surface area contributed by atoms with Crippen LogP contribution in [0.25, 0.3) is 16.7 Å². The normalized spacial score (nSPS) is 16.8. The van der Waals surface area contributed by atoms with E-state index in [4.69, 9.17) is 4.98 Å². The molecule has 1 fully saturated rings. The van der Waals surface area contributed by atoms with Crippen molar-refractivity contribution in [1.29, 1.82) is 0 Å². The first-order chi connectivity index (χ1) is 15.3. The smallest absolute Gasteiger partial charge is 0.257 e. The third kappa shape index (κ3) is 3.49. The molecule has 1 amide bonds. The highest BCUT2D eigenvalue weighted by atomic mass is 16.2. The van der Waals surface area contributed by atoms with Crippen LogP contribution in [0.3, 0.4) is 0 Å². The van der Waals surface area contributed by atoms with Gasteiger partial charge in [-0.3, -0.25) is 4.79 Å². The van der Waals surface area contributed by atoms with Gasteiger partial charge in [0.05, 0.1) is 40.7 Å². The lowest BCUT2D eigenvalue weighted by atomic mass is 9.87. The Hall–Kier alpha value is -3.74. The van der Waals surface area contributed by atoms with Gasteiger partial charge in [-0.15, -0.1) is 0 Å². The summed E-state index contributed by atoms with van der Waals surface area (Å²) in [5.41, 5.74) is 5.37. The molecule has 0 spiro atoms. The summed E-state index contributed by atoms with van der Waals surface area (Å²) in [5.74, 6) is 0.699. The Balaban J connectivity index is 1.52. The van der Waals surface area contributed by atoms with E-state index >= 15 is 0 Å². The van der Waals surface area contributed by atoms with Crippen molar-refractivity contribution >= 4 is 16.9 Å². The summed E-state index contributed by atoms with van der Waals surface area (Å²) < 4.78 is 0. The summed E-state index contributed by atoms with van der Waals surface area (Å²) in [6.07, 6.45) is 3.88. The van der Waals surface area contributed by atoms with Crippen LogP contribution in [0.5, 0.6) is 0 Å². The second kappa shape index (κ2) is 7.44. The maximum atomic E-state index is 13.7. The van der Waals surface area contributed by atoms with Gasteiger partial charge in [-0.25, -0.2) is 4.98 Å². The maximum absolute atomic E-state index is 13.7. The van der Waals surface area contributed by atoms with Gasteiger partial charge in [-0.05, 0) is 41.7 Å². The fraction of sp³-hybridized carbons (Fsp3) is 0.280. The van der Waals surface area contributed by atoms with Crippen LogP contribution in [0.2, 0.25) is 0 Å². The van der Waals surface area contributed by atoms with Crippen molar-refractivity contribution < 1.29 is 4.79 Å². The van der Waals surface area contributed by atoms with E-state index in [1.807, 2.05) is 29.2 Å². The lowest BCUT2D eigenvalue weighted by Gasteiger charge is -2.23. The predicted octanol–water partition coefficient (Wildman–Crippen LogP) is 4.58. The number of carbonyl (C=O) groups is 1. The molecule has 1 saturated heterocycles. The number of fused-ring (bicyclic) bond motifs is 1. The summed E-state index contributed by atoms with van der Waals surface area (Å²) in [6.45, 7) is 11.2. The van der Waals surface area contributed by atoms with Gasteiger partial charge in [0.25, 0.3) is 5.91 Å². The summed E-state index contributed by atoms with van der Waals surface area (Å²) in [4.78, 5) is 25.3. The molecule has 4 aromatic rings. The molecule has 7 heteroatoms. The molecule has 1 atom stereocenters. The number of rotatable bonds is 3. The molecule has 162 valence electrons. The summed E-state index contributed by atoms with van der Waals surface area (Å²) in [7, 11) is 0. The van der Waals surface area contributed by atoms with Crippen LogP contribution in [-0.2, 0) is 5.41 Å². The monoisotopic (exact) mass is 426 g/mol. The van der Waals surface area contributed by atoms with Crippen LogP contribution in [-0.4, -0.2) is 42.3 Å². The third-order valence-corrected chi connectivity index (χ3v) is 5.96. The number of nitrogens with zero attached hydrogens (tertiary/aromatic N) is 5. The number of H-pyrrole nitrogens is 1. The molecule has 32 heavy (non-hydrogen) atoms. The van der Waals surface area contributed by atoms with Crippen molar-refractivity contribution in [3.8, 4) is 5.69 Å². The van der Waals surface area contributed by atoms with Gasteiger partial charge >= 0.3 is 0 Å². The number of hydrogen-bond donors (Lipinski definition) is 1. The summed E-state index contributed by atoms with van der Waals surface area (Å²) in [5, 5.41) is 8.41. The molecule has 2 aromatic carbocycles. The Morgan fingerprint density at radius 2 is 1.88 bits per heavy atom. The Labute approximate surface area is 186 Å². The molecular formula is C25H26N6O. The summed E-state index contributed by atoms with van der Waals surface area (Å²) >= 11 is 0. The SMILES string of the molecule is C=C1C[C@@H](c2nc3cc(C(C)(C)C)ccc3[nH]2)N(C(=O)c2ccccc2-n2nccn2)C1. The largest absolute Gasteiger partial charge is 0.340 e. The predicted molar refractivity (Wildman–Crippen MR) is 124 cm³/mol. The summed E-state index contributed by atoms with van der Waals surface area (Å²) in [6, 6.07) is 13.5. The Bertz CT molecular complexity index is 1310. The van der Waals surface area contributed by atoms with Crippen molar-refractivity contribution in [1.82, 2.24) is 29.9 Å². The maximum Gasteiger partial charge on any atom is 0.257 e. The lowest BCUT2D eigenvalue weighted by Crippen LogP contribution is -2.32. The molecule has 1 N–H and O–H groups in total. The van der Waals surface area contributed by atoms with Crippen LogP contribution in [0, 0.1) is 0 Å². The van der Waals surface area contributed by atoms with E-state index in [2.05, 4.69) is 60.7 Å². The zero-order valence-electron chi connectivity index (χ0n) is 18.5. The van der Waals surface area contributed by atoms with Crippen LogP contribution in [0.4, 0.5) is 0 Å². The number of carbonyl (C=O) groups excluding carboxylic acids is 1. The standard InChI is InChI=1S/C25H26N6O/c1-16-13-22(23-28-19-10-9-17(25(2,3)4)14-20(19)29-23)30(15-16)24(32)18-7-5-6-8-21(18)31-26-11-12-27-31/h5-12,14,22H,1,13,15H2,2-4H3,(H,28,29)/t22-/m0/s1. The van der Waals surface area contributed by atoms with Gasteiger partial charge in [-0.2, -0.15) is 15.0 Å². The zero-order chi connectivity index (χ0) is 22.5. The van der Waals surface area contributed by atoms with Gasteiger partial charge in [0.2, 0.25) is 0 Å². The highest BCUT2D eigenvalue weighted by molar-refractivity contribution is 5.98. The number of aromatic amines is 1. The number of nitrogens with one attached hydrogen (secondary N) is 1. The molecular weight excluding hydrogens is 400 g/mol. The number of amides is 1. The van der Waals surface area contributed by atoms with E-state index in [1.165, 1.54) is 10.4 Å². The third-order valence-electron chi connectivity index (χ3n) is 5.96. The molecule has 0 aliphatic carbocycles. The van der Waals surface area contributed by atoms with E-state index in [1.54, 1.807) is 12.4 Å². The number of benzene rings is 2. The van der Waals surface area contributed by atoms with Crippen LogP contribution < -0.4 is 0 Å². The van der Waals surface area contributed by atoms with Gasteiger partial charge in [-0.1, -0.05) is 51.1 Å². The highest BCUT2D eigenvalue weighted by Crippen LogP contribution is 2.36. The Kier molecular flexibility index (Phi) is 4.69. The molecule has 0 unspecified atom stereocenters. The number of likely N-dealkylation sites (tertiary alicyclic amines) is 1. The van der Waals surface area contributed by atoms with Gasteiger partial charge < -0.3 is 9.88 Å². The van der Waals surface area contributed by atoms with Crippen molar-refractivity contribution in [2.24, 2.45) is 0 Å². The topological polar surface area (TPSA) is 79.7 Å². The zero-order valence-corrected chi connectivity index (χ0v) is 18.5. The fourth-order valence-electron chi connectivity index (χ4n) is 4.23. The van der Waals surface area contributed by atoms with E-state index in [-0.39, 0.29) is 17.4 Å². The molecule has 0 saturated carbocycles. The average Bonchev–Trinajstić information content (AvgIpc) is 3.51. The van der Waals surface area contributed by atoms with Crippen LogP contribution >= 0.6 is 0 Å². The number of imidazole rings is 1. The second-order valence-corrected chi connectivity index (χ2v) is 9.34. The van der Waals surface area contributed by atoms with Gasteiger partial charge in [0.1, 0.15) is 5.82 Å². The van der Waals surface area contributed by atoms with E-state index < -0.39 is 0 Å². The fourth-order valence-corrected chi connectivity index (χ4v) is 4.23. The van der Waals surface area contributed by atoms with Crippen molar-refractivity contribution in [3.05, 3.63) is 84.0 Å². The molecule has 5 rings (SSSR count). The van der Waals surface area contributed by atoms with Gasteiger partial charge in [0.15, 0.2) is 0 Å². The van der Waals surface area contributed by atoms with Gasteiger partial charge in [0, 0.05) is 6.54 Å². The molecule has 1 aliphatic rings. The van der Waals surface area contributed by atoms with Crippen molar-refractivity contribution in [3.63, 3.8) is 0 Å². The molecule has 3 heterocycles. The first kappa shape index (κ1) is 20.2. The van der Waals surface area contributed by atoms with Crippen molar-refractivity contribution in [2.75, 3.05) is 6.54 Å². The molecule has 2 aromatic heterocycles. The second-order valence-electron chi connectivity index (χ2n) is 9.34. The first-order valence-corrected chi connectivity index (χ1v) is 10.7.